The molecule has 0 saturated carbocycles. The number of sulfone groups is 1. The molecule has 0 amide bonds. The standard InChI is InChI=1S/C15H19FO4S/c1-20-14-6-5-10(16)7-13(14)15(17)8-11-3-2-4-12(9-15)21(11,18)19/h5-7,11-12,17H,2-4,8-9H2,1H3. The van der Waals surface area contributed by atoms with Crippen LogP contribution < -0.4 is 4.74 Å². The zero-order valence-corrected chi connectivity index (χ0v) is 12.7. The van der Waals surface area contributed by atoms with Crippen LogP contribution in [-0.4, -0.2) is 31.1 Å². The summed E-state index contributed by atoms with van der Waals surface area (Å²) < 4.78 is 43.4. The smallest absolute Gasteiger partial charge is 0.156 e. The molecule has 0 aromatic heterocycles. The summed E-state index contributed by atoms with van der Waals surface area (Å²) in [6, 6.07) is 4.00. The molecule has 2 unspecified atom stereocenters. The highest BCUT2D eigenvalue weighted by molar-refractivity contribution is 7.92. The minimum Gasteiger partial charge on any atom is -0.496 e. The number of methoxy groups -OCH3 is 1. The molecule has 3 rings (SSSR count). The Bertz CT molecular complexity index is 636. The van der Waals surface area contributed by atoms with Gasteiger partial charge in [-0.15, -0.1) is 0 Å². The van der Waals surface area contributed by atoms with E-state index in [1.807, 2.05) is 0 Å². The average Bonchev–Trinajstić information content (AvgIpc) is 2.41. The molecule has 1 aromatic carbocycles. The van der Waals surface area contributed by atoms with Crippen LogP contribution in [0.15, 0.2) is 18.2 Å². The quantitative estimate of drug-likeness (QED) is 0.908. The van der Waals surface area contributed by atoms with E-state index in [0.717, 1.165) is 6.42 Å². The lowest BCUT2D eigenvalue weighted by molar-refractivity contribution is 0.00274. The number of aliphatic hydroxyl groups is 1. The third-order valence-electron chi connectivity index (χ3n) is 4.78. The van der Waals surface area contributed by atoms with Crippen molar-refractivity contribution in [2.24, 2.45) is 0 Å². The van der Waals surface area contributed by atoms with E-state index in [-0.39, 0.29) is 12.8 Å². The third-order valence-corrected chi connectivity index (χ3v) is 7.44. The van der Waals surface area contributed by atoms with Gasteiger partial charge >= 0.3 is 0 Å². The molecule has 4 nitrogen and oxygen atoms in total. The van der Waals surface area contributed by atoms with Gasteiger partial charge in [-0.25, -0.2) is 12.8 Å². The van der Waals surface area contributed by atoms with Crippen LogP contribution in [0.5, 0.6) is 5.75 Å². The van der Waals surface area contributed by atoms with Crippen molar-refractivity contribution < 1.29 is 22.7 Å². The molecule has 2 bridgehead atoms. The molecule has 2 aliphatic heterocycles. The molecule has 116 valence electrons. The van der Waals surface area contributed by atoms with E-state index in [4.69, 9.17) is 4.74 Å². The van der Waals surface area contributed by atoms with Gasteiger partial charge in [0.25, 0.3) is 0 Å². The summed E-state index contributed by atoms with van der Waals surface area (Å²) in [6.45, 7) is 0. The van der Waals surface area contributed by atoms with Crippen LogP contribution in [0.25, 0.3) is 0 Å². The highest BCUT2D eigenvalue weighted by Gasteiger charge is 2.51. The Morgan fingerprint density at radius 3 is 2.48 bits per heavy atom. The maximum Gasteiger partial charge on any atom is 0.156 e. The normalized spacial score (nSPS) is 34.4. The molecule has 0 spiro atoms. The third kappa shape index (κ3) is 2.34. The van der Waals surface area contributed by atoms with Crippen molar-refractivity contribution in [3.63, 3.8) is 0 Å². The fourth-order valence-corrected chi connectivity index (χ4v) is 6.26. The van der Waals surface area contributed by atoms with Gasteiger partial charge in [-0.05, 0) is 43.9 Å². The topological polar surface area (TPSA) is 63.6 Å². The van der Waals surface area contributed by atoms with Crippen molar-refractivity contribution >= 4 is 9.84 Å². The van der Waals surface area contributed by atoms with Gasteiger partial charge < -0.3 is 9.84 Å². The van der Waals surface area contributed by atoms with Gasteiger partial charge in [0.2, 0.25) is 0 Å². The Hall–Kier alpha value is -1.14. The lowest BCUT2D eigenvalue weighted by Gasteiger charge is -2.44. The van der Waals surface area contributed by atoms with Crippen molar-refractivity contribution in [3.05, 3.63) is 29.6 Å². The number of ether oxygens (including phenoxy) is 1. The van der Waals surface area contributed by atoms with Crippen LogP contribution in [0.2, 0.25) is 0 Å². The molecular formula is C15H19FO4S. The van der Waals surface area contributed by atoms with Gasteiger partial charge in [0.15, 0.2) is 9.84 Å². The van der Waals surface area contributed by atoms with E-state index < -0.39 is 31.8 Å². The van der Waals surface area contributed by atoms with Gasteiger partial charge in [-0.2, -0.15) is 0 Å². The SMILES string of the molecule is COc1ccc(F)cc1C1(O)CC2CCCC(C1)S2(=O)=O. The number of benzene rings is 1. The van der Waals surface area contributed by atoms with Crippen molar-refractivity contribution in [3.8, 4) is 5.75 Å². The van der Waals surface area contributed by atoms with Crippen LogP contribution >= 0.6 is 0 Å². The first-order valence-electron chi connectivity index (χ1n) is 7.16. The van der Waals surface area contributed by atoms with E-state index in [0.29, 0.717) is 24.2 Å². The molecule has 0 aliphatic carbocycles. The Morgan fingerprint density at radius 1 is 1.29 bits per heavy atom. The van der Waals surface area contributed by atoms with E-state index in [1.165, 1.54) is 25.3 Å². The first kappa shape index (κ1) is 14.8. The van der Waals surface area contributed by atoms with Crippen molar-refractivity contribution in [1.29, 1.82) is 0 Å². The highest BCUT2D eigenvalue weighted by Crippen LogP contribution is 2.48. The molecule has 2 atom stereocenters. The van der Waals surface area contributed by atoms with E-state index >= 15 is 0 Å². The number of rotatable bonds is 2. The Kier molecular flexibility index (Phi) is 3.48. The average molecular weight is 314 g/mol. The predicted molar refractivity (Wildman–Crippen MR) is 76.4 cm³/mol. The number of halogens is 1. The summed E-state index contributed by atoms with van der Waals surface area (Å²) >= 11 is 0. The summed E-state index contributed by atoms with van der Waals surface area (Å²) in [5, 5.41) is 9.93. The van der Waals surface area contributed by atoms with Crippen molar-refractivity contribution in [2.75, 3.05) is 7.11 Å². The minimum absolute atomic E-state index is 0.117. The highest BCUT2D eigenvalue weighted by atomic mass is 32.2. The zero-order chi connectivity index (χ0) is 15.3. The fraction of sp³-hybridized carbons (Fsp3) is 0.600. The van der Waals surface area contributed by atoms with Crippen LogP contribution in [0.3, 0.4) is 0 Å². The van der Waals surface area contributed by atoms with E-state index in [1.54, 1.807) is 0 Å². The van der Waals surface area contributed by atoms with Crippen LogP contribution in [0.4, 0.5) is 4.39 Å². The lowest BCUT2D eigenvalue weighted by Crippen LogP contribution is -2.50. The number of fused-ring (bicyclic) bond motifs is 2. The molecule has 2 aliphatic rings. The second-order valence-electron chi connectivity index (χ2n) is 6.05. The molecule has 2 heterocycles. The summed E-state index contributed by atoms with van der Waals surface area (Å²) in [5.41, 5.74) is -0.981. The molecule has 2 saturated heterocycles. The zero-order valence-electron chi connectivity index (χ0n) is 11.9. The van der Waals surface area contributed by atoms with E-state index in [9.17, 15) is 17.9 Å². The largest absolute Gasteiger partial charge is 0.496 e. The summed E-state index contributed by atoms with van der Waals surface area (Å²) in [4.78, 5) is 0. The molecule has 21 heavy (non-hydrogen) atoms. The van der Waals surface area contributed by atoms with Crippen LogP contribution in [0.1, 0.15) is 37.7 Å². The van der Waals surface area contributed by atoms with Gasteiger partial charge in [0.1, 0.15) is 11.6 Å². The molecule has 1 N–H and O–H groups in total. The lowest BCUT2D eigenvalue weighted by atomic mass is 9.80. The fourth-order valence-electron chi connectivity index (χ4n) is 3.71. The second kappa shape index (κ2) is 4.95. The van der Waals surface area contributed by atoms with Crippen molar-refractivity contribution in [2.45, 2.75) is 48.2 Å². The van der Waals surface area contributed by atoms with Gasteiger partial charge in [-0.1, -0.05) is 6.42 Å². The van der Waals surface area contributed by atoms with Gasteiger partial charge in [0.05, 0.1) is 23.2 Å². The monoisotopic (exact) mass is 314 g/mol. The molecule has 6 heteroatoms. The Labute approximate surface area is 123 Å². The summed E-state index contributed by atoms with van der Waals surface area (Å²) in [5.74, 6) is -0.0610. The van der Waals surface area contributed by atoms with Crippen LogP contribution in [-0.2, 0) is 15.4 Å². The number of hydrogen-bond acceptors (Lipinski definition) is 4. The molecular weight excluding hydrogens is 295 g/mol. The first-order chi connectivity index (χ1) is 9.87. The van der Waals surface area contributed by atoms with Crippen LogP contribution in [0, 0.1) is 5.82 Å². The van der Waals surface area contributed by atoms with Gasteiger partial charge in [0, 0.05) is 5.56 Å². The Morgan fingerprint density at radius 2 is 1.90 bits per heavy atom. The maximum absolute atomic E-state index is 13.6. The molecule has 0 radical (unpaired) electrons. The summed E-state index contributed by atoms with van der Waals surface area (Å²) in [6.07, 6.45) is 2.24. The first-order valence-corrected chi connectivity index (χ1v) is 8.77. The van der Waals surface area contributed by atoms with Gasteiger partial charge in [-0.3, -0.25) is 0 Å². The molecule has 2 fully saturated rings. The molecule has 1 aromatic rings. The predicted octanol–water partition coefficient (Wildman–Crippen LogP) is 2.15. The van der Waals surface area contributed by atoms with E-state index in [2.05, 4.69) is 0 Å². The Balaban J connectivity index is 2.05. The van der Waals surface area contributed by atoms with Crippen molar-refractivity contribution in [1.82, 2.24) is 0 Å². The second-order valence-corrected chi connectivity index (χ2v) is 8.56. The minimum atomic E-state index is -3.17. The maximum atomic E-state index is 13.6. The number of hydrogen-bond donors (Lipinski definition) is 1. The summed E-state index contributed by atoms with van der Waals surface area (Å²) in [7, 11) is -1.71.